The third-order valence-corrected chi connectivity index (χ3v) is 6.45. The highest BCUT2D eigenvalue weighted by Crippen LogP contribution is 2.32. The predicted octanol–water partition coefficient (Wildman–Crippen LogP) is 6.73. The Balaban J connectivity index is 2.04. The Labute approximate surface area is 177 Å². The minimum Gasteiger partial charge on any atom is -0.248 e. The summed E-state index contributed by atoms with van der Waals surface area (Å²) in [5.41, 5.74) is 6.67. The van der Waals surface area contributed by atoms with Gasteiger partial charge < -0.3 is 0 Å². The third kappa shape index (κ3) is 3.65. The van der Waals surface area contributed by atoms with E-state index in [4.69, 9.17) is 13.2 Å². The monoisotopic (exact) mass is 387 g/mol. The van der Waals surface area contributed by atoms with E-state index in [1.165, 1.54) is 6.55 Å². The Morgan fingerprint density at radius 2 is 1.50 bits per heavy atom. The maximum Gasteiger partial charge on any atom is 0.0776 e. The molecule has 28 heavy (non-hydrogen) atoms. The van der Waals surface area contributed by atoms with Gasteiger partial charge in [-0.1, -0.05) is 84.3 Å². The van der Waals surface area contributed by atoms with Gasteiger partial charge in [0.15, 0.2) is 0 Å². The number of hydrogen-bond acceptors (Lipinski definition) is 1. The minimum absolute atomic E-state index is 0.387. The van der Waals surface area contributed by atoms with Gasteiger partial charge in [0.25, 0.3) is 0 Å². The second-order valence-corrected chi connectivity index (χ2v) is 10.5. The van der Waals surface area contributed by atoms with Crippen LogP contribution in [0.2, 0.25) is 19.5 Å². The topological polar surface area (TPSA) is 12.9 Å². The summed E-state index contributed by atoms with van der Waals surface area (Å²) in [6.45, 7) is 0.387. The molecule has 0 aliphatic heterocycles. The molecule has 0 unspecified atom stereocenters. The second kappa shape index (κ2) is 7.03. The molecule has 1 heterocycles. The molecule has 4 rings (SSSR count). The molecule has 0 fully saturated rings. The molecular weight excluding hydrogens is 354 g/mol. The van der Waals surface area contributed by atoms with Gasteiger partial charge in [-0.15, -0.1) is 0 Å². The fourth-order valence-electron chi connectivity index (χ4n) is 3.66. The molecule has 0 bridgehead atoms. The number of rotatable bonds is 3. The van der Waals surface area contributed by atoms with Gasteiger partial charge in [0.2, 0.25) is 0 Å². The Hall–Kier alpha value is -2.71. The van der Waals surface area contributed by atoms with Gasteiger partial charge in [-0.25, -0.2) is 4.98 Å². The van der Waals surface area contributed by atoms with Crippen LogP contribution < -0.4 is 5.19 Å². The lowest BCUT2D eigenvalue weighted by Crippen LogP contribution is -2.37. The van der Waals surface area contributed by atoms with Gasteiger partial charge in [0, 0.05) is 19.2 Å². The van der Waals surface area contributed by atoms with E-state index in [0.717, 1.165) is 38.9 Å². The van der Waals surface area contributed by atoms with Crippen LogP contribution in [0.4, 0.5) is 0 Å². The molecule has 2 heteroatoms. The van der Waals surface area contributed by atoms with E-state index < -0.39 is 21.0 Å². The summed E-state index contributed by atoms with van der Waals surface area (Å²) >= 11 is 0. The molecule has 140 valence electrons. The maximum absolute atomic E-state index is 8.11. The summed E-state index contributed by atoms with van der Waals surface area (Å²) in [5.74, 6) is 0. The largest absolute Gasteiger partial charge is 0.248 e. The van der Waals surface area contributed by atoms with Crippen molar-refractivity contribution < 1.29 is 8.22 Å². The van der Waals surface area contributed by atoms with Gasteiger partial charge in [-0.2, -0.15) is 0 Å². The molecule has 0 aliphatic rings. The van der Waals surface area contributed by atoms with E-state index in [2.05, 4.69) is 32.0 Å². The summed E-state index contributed by atoms with van der Waals surface area (Å²) < 4.78 is 48.7. The van der Waals surface area contributed by atoms with Crippen molar-refractivity contribution in [1.29, 1.82) is 0 Å². The van der Waals surface area contributed by atoms with Crippen LogP contribution >= 0.6 is 0 Å². The SMILES string of the molecule is [2H]C([2H])([2H])[Si](C)(c1ccc2nc(-c3cc(C)cc(C)c3)cc(-c3ccccc3)c2c1)C([2H])([2H])[2H]. The molecule has 0 saturated carbocycles. The van der Waals surface area contributed by atoms with E-state index in [-0.39, 0.29) is 0 Å². The molecule has 0 N–H and O–H groups in total. The molecule has 0 aliphatic carbocycles. The first kappa shape index (κ1) is 12.7. The van der Waals surface area contributed by atoms with E-state index >= 15 is 0 Å². The second-order valence-electron chi connectivity index (χ2n) is 7.65. The lowest BCUT2D eigenvalue weighted by Gasteiger charge is -2.19. The highest BCUT2D eigenvalue weighted by Gasteiger charge is 2.18. The first-order chi connectivity index (χ1) is 15.8. The van der Waals surface area contributed by atoms with Crippen LogP contribution in [-0.2, 0) is 0 Å². The molecule has 0 saturated heterocycles. The van der Waals surface area contributed by atoms with Crippen LogP contribution in [0, 0.1) is 13.8 Å². The summed E-state index contributed by atoms with van der Waals surface area (Å²) in [4.78, 5) is 4.90. The fraction of sp³-hybridized carbons (Fsp3) is 0.192. The van der Waals surface area contributed by atoms with Crippen molar-refractivity contribution in [2.24, 2.45) is 0 Å². The van der Waals surface area contributed by atoms with Crippen LogP contribution in [0.25, 0.3) is 33.3 Å². The van der Waals surface area contributed by atoms with Crippen molar-refractivity contribution in [2.45, 2.75) is 33.3 Å². The van der Waals surface area contributed by atoms with E-state index in [1.54, 1.807) is 18.2 Å². The average molecular weight is 388 g/mol. The first-order valence-corrected chi connectivity index (χ1v) is 11.9. The smallest absolute Gasteiger partial charge is 0.0776 e. The van der Waals surface area contributed by atoms with Crippen molar-refractivity contribution in [2.75, 3.05) is 0 Å². The van der Waals surface area contributed by atoms with Crippen LogP contribution in [0.3, 0.4) is 0 Å². The number of benzene rings is 3. The summed E-state index contributed by atoms with van der Waals surface area (Å²) in [7, 11) is -3.89. The zero-order chi connectivity index (χ0) is 24.9. The number of nitrogens with zero attached hydrogens (tertiary/aromatic N) is 1. The van der Waals surface area contributed by atoms with E-state index in [9.17, 15) is 0 Å². The Bertz CT molecular complexity index is 1330. The lowest BCUT2D eigenvalue weighted by molar-refractivity contribution is 1.34. The van der Waals surface area contributed by atoms with Crippen molar-refractivity contribution in [1.82, 2.24) is 4.98 Å². The molecule has 3 aromatic carbocycles. The van der Waals surface area contributed by atoms with Gasteiger partial charge in [0.1, 0.15) is 0 Å². The average Bonchev–Trinajstić information content (AvgIpc) is 2.75. The zero-order valence-electron chi connectivity index (χ0n) is 22.4. The van der Waals surface area contributed by atoms with Gasteiger partial charge in [-0.05, 0) is 49.2 Å². The van der Waals surface area contributed by atoms with E-state index in [0.29, 0.717) is 10.7 Å². The highest BCUT2D eigenvalue weighted by atomic mass is 28.3. The lowest BCUT2D eigenvalue weighted by atomic mass is 9.97. The zero-order valence-corrected chi connectivity index (χ0v) is 17.4. The number of aromatic nitrogens is 1. The maximum atomic E-state index is 8.11. The van der Waals surface area contributed by atoms with Crippen LogP contribution in [0.5, 0.6) is 0 Å². The van der Waals surface area contributed by atoms with Crippen LogP contribution in [-0.4, -0.2) is 13.1 Å². The van der Waals surface area contributed by atoms with Crippen molar-refractivity contribution >= 4 is 24.2 Å². The minimum atomic E-state index is -3.89. The normalized spacial score (nSPS) is 15.8. The summed E-state index contributed by atoms with van der Waals surface area (Å²) in [6.07, 6.45) is 0. The molecular formula is C26H27NSi. The van der Waals surface area contributed by atoms with Crippen molar-refractivity contribution in [3.8, 4) is 22.4 Å². The number of pyridine rings is 1. The summed E-state index contributed by atoms with van der Waals surface area (Å²) in [6, 6.07) is 23.3. The Kier molecular flexibility index (Phi) is 3.18. The predicted molar refractivity (Wildman–Crippen MR) is 125 cm³/mol. The van der Waals surface area contributed by atoms with E-state index in [1.807, 2.05) is 36.4 Å². The van der Waals surface area contributed by atoms with Gasteiger partial charge in [-0.3, -0.25) is 0 Å². The Morgan fingerprint density at radius 3 is 2.18 bits per heavy atom. The number of aryl methyl sites for hydroxylation is 2. The van der Waals surface area contributed by atoms with Gasteiger partial charge in [0.05, 0.1) is 19.3 Å². The van der Waals surface area contributed by atoms with Gasteiger partial charge >= 0.3 is 0 Å². The molecule has 0 amide bonds. The third-order valence-electron chi connectivity index (χ3n) is 4.99. The molecule has 0 atom stereocenters. The number of fused-ring (bicyclic) bond motifs is 1. The quantitative estimate of drug-likeness (QED) is 0.355. The van der Waals surface area contributed by atoms with Crippen molar-refractivity contribution in [3.05, 3.63) is 83.9 Å². The number of hydrogen-bond donors (Lipinski definition) is 0. The first-order valence-electron chi connectivity index (χ1n) is 12.4. The molecule has 0 radical (unpaired) electrons. The fourth-order valence-corrected chi connectivity index (χ4v) is 4.51. The summed E-state index contributed by atoms with van der Waals surface area (Å²) in [5, 5.41) is 1.14. The van der Waals surface area contributed by atoms with Crippen molar-refractivity contribution in [3.63, 3.8) is 0 Å². The molecule has 4 aromatic rings. The Morgan fingerprint density at radius 1 is 0.786 bits per heavy atom. The standard InChI is InChI=1S/C26H27NSi/c1-18-13-19(2)15-21(14-18)26-17-23(20-9-7-6-8-10-20)24-16-22(28(3,4)5)11-12-25(24)27-26/h6-17H,1-5H3/i3D3,4D3. The van der Waals surface area contributed by atoms with Crippen LogP contribution in [0.15, 0.2) is 72.8 Å². The van der Waals surface area contributed by atoms with Crippen LogP contribution in [0.1, 0.15) is 19.4 Å². The molecule has 0 spiro atoms. The molecule has 1 aromatic heterocycles. The highest BCUT2D eigenvalue weighted by molar-refractivity contribution is 6.88. The molecule has 1 nitrogen and oxygen atoms in total.